The van der Waals surface area contributed by atoms with Crippen molar-refractivity contribution in [1.82, 2.24) is 0 Å². The Hall–Kier alpha value is -0.690. The second-order valence-electron chi connectivity index (χ2n) is 5.71. The van der Waals surface area contributed by atoms with E-state index < -0.39 is 5.97 Å². The molecule has 0 aliphatic carbocycles. The van der Waals surface area contributed by atoms with Crippen LogP contribution in [0.15, 0.2) is 0 Å². The molecule has 0 aromatic heterocycles. The van der Waals surface area contributed by atoms with Gasteiger partial charge in [-0.05, 0) is 12.8 Å². The smallest absolute Gasteiger partial charge is 0.303 e. The van der Waals surface area contributed by atoms with Crippen molar-refractivity contribution < 1.29 is 28.8 Å². The molecule has 0 bridgehead atoms. The minimum absolute atomic E-state index is 0.148. The van der Waals surface area contributed by atoms with Crippen molar-refractivity contribution in [2.45, 2.75) is 58.3 Å². The Kier molecular flexibility index (Phi) is 19.8. The van der Waals surface area contributed by atoms with Crippen molar-refractivity contribution in [2.24, 2.45) is 0 Å². The van der Waals surface area contributed by atoms with Gasteiger partial charge in [0.15, 0.2) is 0 Å². The highest BCUT2D eigenvalue weighted by Gasteiger charge is 1.96. The number of aliphatic carboxylic acids is 1. The molecular weight excluding hydrogens is 312 g/mol. The Morgan fingerprint density at radius 3 is 1.54 bits per heavy atom. The van der Waals surface area contributed by atoms with Gasteiger partial charge in [-0.1, -0.05) is 39.0 Å². The maximum Gasteiger partial charge on any atom is 0.303 e. The Balaban J connectivity index is 2.97. The fourth-order valence-corrected chi connectivity index (χ4v) is 2.07. The van der Waals surface area contributed by atoms with E-state index in [1.165, 1.54) is 32.1 Å². The van der Waals surface area contributed by atoms with Gasteiger partial charge in [0.1, 0.15) is 0 Å². The molecule has 24 heavy (non-hydrogen) atoms. The molecule has 0 spiro atoms. The summed E-state index contributed by atoms with van der Waals surface area (Å²) in [7, 11) is 0. The first kappa shape index (κ1) is 23.3. The molecule has 0 amide bonds. The van der Waals surface area contributed by atoms with Gasteiger partial charge in [0.05, 0.1) is 39.6 Å². The van der Waals surface area contributed by atoms with Crippen LogP contribution in [0, 0.1) is 0 Å². The van der Waals surface area contributed by atoms with Crippen LogP contribution in [0.25, 0.3) is 0 Å². The van der Waals surface area contributed by atoms with E-state index in [1.807, 2.05) is 0 Å². The summed E-state index contributed by atoms with van der Waals surface area (Å²) in [4.78, 5) is 10.3. The summed E-state index contributed by atoms with van der Waals surface area (Å²) in [5, 5.41) is 8.45. The minimum Gasteiger partial charge on any atom is -0.481 e. The van der Waals surface area contributed by atoms with E-state index in [4.69, 9.17) is 24.1 Å². The van der Waals surface area contributed by atoms with Gasteiger partial charge >= 0.3 is 5.97 Å². The Bertz CT molecular complexity index is 260. The maximum absolute atomic E-state index is 10.3. The molecule has 0 unspecified atom stereocenters. The molecule has 0 aliphatic heterocycles. The lowest BCUT2D eigenvalue weighted by atomic mass is 10.1. The molecule has 0 radical (unpaired) electrons. The zero-order chi connectivity index (χ0) is 17.7. The zero-order valence-corrected chi connectivity index (χ0v) is 15.3. The normalized spacial score (nSPS) is 11.0. The van der Waals surface area contributed by atoms with Gasteiger partial charge < -0.3 is 24.1 Å². The fraction of sp³-hybridized carbons (Fsp3) is 0.944. The lowest BCUT2D eigenvalue weighted by molar-refractivity contribution is -0.137. The van der Waals surface area contributed by atoms with Crippen LogP contribution in [0.5, 0.6) is 0 Å². The topological polar surface area (TPSA) is 74.2 Å². The van der Waals surface area contributed by atoms with Gasteiger partial charge in [-0.3, -0.25) is 4.79 Å². The number of carboxylic acids is 1. The quantitative estimate of drug-likeness (QED) is 0.340. The summed E-state index contributed by atoms with van der Waals surface area (Å²) in [6.07, 6.45) is 8.37. The highest BCUT2D eigenvalue weighted by atomic mass is 16.6. The van der Waals surface area contributed by atoms with Gasteiger partial charge in [0.25, 0.3) is 0 Å². The number of ether oxygens (including phenoxy) is 4. The average Bonchev–Trinajstić information content (AvgIpc) is 2.56. The van der Waals surface area contributed by atoms with Crippen molar-refractivity contribution in [1.29, 1.82) is 0 Å². The van der Waals surface area contributed by atoms with E-state index in [0.29, 0.717) is 52.7 Å². The first-order chi connectivity index (χ1) is 11.8. The number of carbonyl (C=O) groups is 1. The summed E-state index contributed by atoms with van der Waals surface area (Å²) in [5.41, 5.74) is 0. The standard InChI is InChI=1S/C18H36O6/c1-2-3-4-5-6-7-10-21-12-14-23-16-17-24-15-13-22-11-8-9-18(19)20/h2-17H2,1H3,(H,19,20). The van der Waals surface area contributed by atoms with Gasteiger partial charge in [-0.25, -0.2) is 0 Å². The molecule has 144 valence electrons. The molecule has 0 saturated heterocycles. The van der Waals surface area contributed by atoms with Crippen LogP contribution >= 0.6 is 0 Å². The van der Waals surface area contributed by atoms with Crippen molar-refractivity contribution in [2.75, 3.05) is 52.9 Å². The summed E-state index contributed by atoms with van der Waals surface area (Å²) >= 11 is 0. The maximum atomic E-state index is 10.3. The van der Waals surface area contributed by atoms with Crippen LogP contribution in [0.1, 0.15) is 58.3 Å². The van der Waals surface area contributed by atoms with Crippen LogP contribution in [0.4, 0.5) is 0 Å². The summed E-state index contributed by atoms with van der Waals surface area (Å²) in [5.74, 6) is -0.789. The summed E-state index contributed by atoms with van der Waals surface area (Å²) in [6, 6.07) is 0. The highest BCUT2D eigenvalue weighted by Crippen LogP contribution is 2.04. The second-order valence-corrected chi connectivity index (χ2v) is 5.71. The van der Waals surface area contributed by atoms with Crippen LogP contribution in [0.3, 0.4) is 0 Å². The highest BCUT2D eigenvalue weighted by molar-refractivity contribution is 5.66. The first-order valence-electron chi connectivity index (χ1n) is 9.30. The van der Waals surface area contributed by atoms with E-state index in [2.05, 4.69) is 6.92 Å². The molecule has 0 aromatic carbocycles. The van der Waals surface area contributed by atoms with Crippen molar-refractivity contribution in [3.05, 3.63) is 0 Å². The Labute approximate surface area is 146 Å². The molecule has 0 rings (SSSR count). The van der Waals surface area contributed by atoms with Gasteiger partial charge in [0.2, 0.25) is 0 Å². The number of carboxylic acid groups (broad SMARTS) is 1. The molecular formula is C18H36O6. The van der Waals surface area contributed by atoms with Crippen molar-refractivity contribution in [3.8, 4) is 0 Å². The third kappa shape index (κ3) is 21.3. The third-order valence-corrected chi connectivity index (χ3v) is 3.44. The molecule has 6 heteroatoms. The average molecular weight is 348 g/mol. The van der Waals surface area contributed by atoms with E-state index in [0.717, 1.165) is 13.0 Å². The molecule has 0 saturated carbocycles. The van der Waals surface area contributed by atoms with E-state index >= 15 is 0 Å². The molecule has 0 fully saturated rings. The van der Waals surface area contributed by atoms with E-state index in [1.54, 1.807) is 0 Å². The zero-order valence-electron chi connectivity index (χ0n) is 15.3. The van der Waals surface area contributed by atoms with Crippen LogP contribution < -0.4 is 0 Å². The van der Waals surface area contributed by atoms with Gasteiger partial charge in [-0.2, -0.15) is 0 Å². The second kappa shape index (κ2) is 20.4. The van der Waals surface area contributed by atoms with E-state index in [9.17, 15) is 4.79 Å². The van der Waals surface area contributed by atoms with Crippen LogP contribution in [-0.4, -0.2) is 63.9 Å². The fourth-order valence-electron chi connectivity index (χ4n) is 2.07. The lowest BCUT2D eigenvalue weighted by Crippen LogP contribution is -2.12. The predicted octanol–water partition coefficient (Wildman–Crippen LogP) is 3.28. The van der Waals surface area contributed by atoms with Gasteiger partial charge in [-0.15, -0.1) is 0 Å². The SMILES string of the molecule is CCCCCCCCOCCOCCOCCOCCCC(=O)O. The van der Waals surface area contributed by atoms with Crippen LogP contribution in [-0.2, 0) is 23.7 Å². The summed E-state index contributed by atoms with van der Waals surface area (Å²) < 4.78 is 21.5. The first-order valence-corrected chi connectivity index (χ1v) is 9.30. The number of hydrogen-bond acceptors (Lipinski definition) is 5. The lowest BCUT2D eigenvalue weighted by Gasteiger charge is -2.07. The van der Waals surface area contributed by atoms with Crippen molar-refractivity contribution in [3.63, 3.8) is 0 Å². The van der Waals surface area contributed by atoms with Crippen molar-refractivity contribution >= 4 is 5.97 Å². The molecule has 0 aromatic rings. The van der Waals surface area contributed by atoms with E-state index in [-0.39, 0.29) is 6.42 Å². The van der Waals surface area contributed by atoms with Crippen LogP contribution in [0.2, 0.25) is 0 Å². The summed E-state index contributed by atoms with van der Waals surface area (Å²) in [6.45, 7) is 6.84. The minimum atomic E-state index is -0.789. The number of unbranched alkanes of at least 4 members (excludes halogenated alkanes) is 5. The Morgan fingerprint density at radius 1 is 0.625 bits per heavy atom. The van der Waals surface area contributed by atoms with Gasteiger partial charge in [0, 0.05) is 19.6 Å². The molecule has 1 N–H and O–H groups in total. The predicted molar refractivity (Wildman–Crippen MR) is 93.5 cm³/mol. The molecule has 0 aliphatic rings. The Morgan fingerprint density at radius 2 is 1.04 bits per heavy atom. The monoisotopic (exact) mass is 348 g/mol. The molecule has 0 heterocycles. The number of hydrogen-bond donors (Lipinski definition) is 1. The number of rotatable bonds is 20. The third-order valence-electron chi connectivity index (χ3n) is 3.44. The molecule has 0 atom stereocenters. The molecule has 6 nitrogen and oxygen atoms in total. The largest absolute Gasteiger partial charge is 0.481 e.